The maximum Gasteiger partial charge on any atom is 0.224 e. The molecule has 1 saturated heterocycles. The lowest BCUT2D eigenvalue weighted by Crippen LogP contribution is -2.39. The number of hydrogen-bond donors (Lipinski definition) is 0. The minimum atomic E-state index is 0.291. The van der Waals surface area contributed by atoms with Gasteiger partial charge in [-0.3, -0.25) is 9.69 Å². The Morgan fingerprint density at radius 2 is 1.78 bits per heavy atom. The van der Waals surface area contributed by atoms with E-state index in [9.17, 15) is 4.79 Å². The third-order valence-electron chi connectivity index (χ3n) is 5.25. The number of carbonyl (C=O) groups is 1. The summed E-state index contributed by atoms with van der Waals surface area (Å²) in [5.41, 5.74) is 1.17. The van der Waals surface area contributed by atoms with Gasteiger partial charge in [0, 0.05) is 38.6 Å². The first-order valence-electron chi connectivity index (χ1n) is 8.91. The van der Waals surface area contributed by atoms with E-state index in [1.54, 1.807) is 7.11 Å². The SMILES string of the molecule is COc1ccc(CN2CCN(C3CCCCC3)CCC2=O)cc1. The molecule has 0 spiro atoms. The van der Waals surface area contributed by atoms with E-state index < -0.39 is 0 Å². The van der Waals surface area contributed by atoms with Crippen molar-refractivity contribution >= 4 is 5.91 Å². The lowest BCUT2D eigenvalue weighted by molar-refractivity contribution is -0.130. The Balaban J connectivity index is 1.58. The van der Waals surface area contributed by atoms with Crippen molar-refractivity contribution in [2.45, 2.75) is 51.1 Å². The van der Waals surface area contributed by atoms with E-state index in [-0.39, 0.29) is 0 Å². The third-order valence-corrected chi connectivity index (χ3v) is 5.25. The van der Waals surface area contributed by atoms with Crippen molar-refractivity contribution in [1.82, 2.24) is 9.80 Å². The Bertz CT molecular complexity index is 509. The van der Waals surface area contributed by atoms with Crippen LogP contribution < -0.4 is 4.74 Å². The van der Waals surface area contributed by atoms with E-state index in [1.165, 1.54) is 37.7 Å². The van der Waals surface area contributed by atoms with Gasteiger partial charge in [-0.1, -0.05) is 31.4 Å². The van der Waals surface area contributed by atoms with Gasteiger partial charge < -0.3 is 9.64 Å². The molecule has 0 unspecified atom stereocenters. The molecule has 4 heteroatoms. The predicted octanol–water partition coefficient (Wildman–Crippen LogP) is 3.06. The summed E-state index contributed by atoms with van der Waals surface area (Å²) in [4.78, 5) is 17.0. The Labute approximate surface area is 139 Å². The first-order chi connectivity index (χ1) is 11.3. The van der Waals surface area contributed by atoms with Crippen molar-refractivity contribution in [1.29, 1.82) is 0 Å². The summed E-state index contributed by atoms with van der Waals surface area (Å²) < 4.78 is 5.19. The van der Waals surface area contributed by atoms with Crippen LogP contribution >= 0.6 is 0 Å². The molecule has 2 aliphatic rings. The molecule has 1 aromatic rings. The van der Waals surface area contributed by atoms with Gasteiger partial charge in [-0.05, 0) is 30.5 Å². The largest absolute Gasteiger partial charge is 0.497 e. The van der Waals surface area contributed by atoms with Gasteiger partial charge in [-0.25, -0.2) is 0 Å². The lowest BCUT2D eigenvalue weighted by atomic mass is 9.94. The van der Waals surface area contributed by atoms with Crippen LogP contribution in [0.2, 0.25) is 0 Å². The number of methoxy groups -OCH3 is 1. The molecular weight excluding hydrogens is 288 g/mol. The van der Waals surface area contributed by atoms with E-state index in [2.05, 4.69) is 17.0 Å². The second kappa shape index (κ2) is 7.82. The summed E-state index contributed by atoms with van der Waals surface area (Å²) in [5, 5.41) is 0. The highest BCUT2D eigenvalue weighted by Crippen LogP contribution is 2.24. The van der Waals surface area contributed by atoms with E-state index in [1.807, 2.05) is 17.0 Å². The Hall–Kier alpha value is -1.55. The summed E-state index contributed by atoms with van der Waals surface area (Å²) in [7, 11) is 1.67. The number of hydrogen-bond acceptors (Lipinski definition) is 3. The molecule has 1 saturated carbocycles. The fraction of sp³-hybridized carbons (Fsp3) is 0.632. The topological polar surface area (TPSA) is 32.8 Å². The van der Waals surface area contributed by atoms with Gasteiger partial charge in [0.15, 0.2) is 0 Å². The van der Waals surface area contributed by atoms with Gasteiger partial charge in [0.05, 0.1) is 7.11 Å². The molecule has 0 bridgehead atoms. The van der Waals surface area contributed by atoms with Crippen LogP contribution in [0.3, 0.4) is 0 Å². The number of benzene rings is 1. The van der Waals surface area contributed by atoms with E-state index >= 15 is 0 Å². The molecule has 1 heterocycles. The van der Waals surface area contributed by atoms with Crippen LogP contribution in [0.4, 0.5) is 0 Å². The molecule has 3 rings (SSSR count). The highest BCUT2D eigenvalue weighted by Gasteiger charge is 2.26. The smallest absolute Gasteiger partial charge is 0.224 e. The zero-order valence-electron chi connectivity index (χ0n) is 14.2. The Kier molecular flexibility index (Phi) is 5.55. The van der Waals surface area contributed by atoms with Crippen molar-refractivity contribution in [2.75, 3.05) is 26.7 Å². The Morgan fingerprint density at radius 3 is 2.48 bits per heavy atom. The molecule has 0 aromatic heterocycles. The highest BCUT2D eigenvalue weighted by atomic mass is 16.5. The maximum atomic E-state index is 12.4. The fourth-order valence-corrected chi connectivity index (χ4v) is 3.81. The number of carbonyl (C=O) groups excluding carboxylic acids is 1. The standard InChI is InChI=1S/C19H28N2O2/c1-23-18-9-7-16(8-10-18)15-21-14-13-20(12-11-19(21)22)17-5-3-2-4-6-17/h7-10,17H,2-6,11-15H2,1H3. The number of rotatable bonds is 4. The van der Waals surface area contributed by atoms with Crippen LogP contribution in [0.15, 0.2) is 24.3 Å². The van der Waals surface area contributed by atoms with Crippen LogP contribution in [-0.2, 0) is 11.3 Å². The third kappa shape index (κ3) is 4.25. The van der Waals surface area contributed by atoms with E-state index in [0.717, 1.165) is 25.4 Å². The zero-order chi connectivity index (χ0) is 16.1. The number of nitrogens with zero attached hydrogens (tertiary/aromatic N) is 2. The van der Waals surface area contributed by atoms with E-state index in [0.29, 0.717) is 24.9 Å². The minimum absolute atomic E-state index is 0.291. The average molecular weight is 316 g/mol. The van der Waals surface area contributed by atoms with Crippen molar-refractivity contribution in [3.63, 3.8) is 0 Å². The molecule has 1 amide bonds. The molecule has 1 aromatic carbocycles. The summed E-state index contributed by atoms with van der Waals surface area (Å²) >= 11 is 0. The molecule has 0 atom stereocenters. The quantitative estimate of drug-likeness (QED) is 0.856. The number of ether oxygens (including phenoxy) is 1. The van der Waals surface area contributed by atoms with Gasteiger partial charge in [0.25, 0.3) is 0 Å². The van der Waals surface area contributed by atoms with Gasteiger partial charge in [-0.2, -0.15) is 0 Å². The highest BCUT2D eigenvalue weighted by molar-refractivity contribution is 5.76. The van der Waals surface area contributed by atoms with Crippen LogP contribution in [0.1, 0.15) is 44.1 Å². The lowest BCUT2D eigenvalue weighted by Gasteiger charge is -2.33. The molecule has 2 fully saturated rings. The molecular formula is C19H28N2O2. The van der Waals surface area contributed by atoms with E-state index in [4.69, 9.17) is 4.74 Å². The molecule has 0 radical (unpaired) electrons. The summed E-state index contributed by atoms with van der Waals surface area (Å²) in [5.74, 6) is 1.15. The van der Waals surface area contributed by atoms with Gasteiger partial charge in [0.2, 0.25) is 5.91 Å². The fourth-order valence-electron chi connectivity index (χ4n) is 3.81. The predicted molar refractivity (Wildman–Crippen MR) is 91.5 cm³/mol. The molecule has 0 N–H and O–H groups in total. The van der Waals surface area contributed by atoms with Gasteiger partial charge >= 0.3 is 0 Å². The Morgan fingerprint density at radius 1 is 1.04 bits per heavy atom. The summed E-state index contributed by atoms with van der Waals surface area (Å²) in [6, 6.07) is 8.74. The normalized spacial score (nSPS) is 21.3. The van der Waals surface area contributed by atoms with Gasteiger partial charge in [0.1, 0.15) is 5.75 Å². The second-order valence-electron chi connectivity index (χ2n) is 6.74. The summed E-state index contributed by atoms with van der Waals surface area (Å²) in [6.07, 6.45) is 7.37. The average Bonchev–Trinajstić information content (AvgIpc) is 2.79. The van der Waals surface area contributed by atoms with Crippen molar-refractivity contribution < 1.29 is 9.53 Å². The van der Waals surface area contributed by atoms with Crippen LogP contribution in [0.5, 0.6) is 5.75 Å². The molecule has 126 valence electrons. The van der Waals surface area contributed by atoms with Crippen LogP contribution in [-0.4, -0.2) is 48.5 Å². The van der Waals surface area contributed by atoms with Crippen molar-refractivity contribution in [3.05, 3.63) is 29.8 Å². The number of amides is 1. The van der Waals surface area contributed by atoms with Crippen molar-refractivity contribution in [3.8, 4) is 5.75 Å². The molecule has 1 aliphatic heterocycles. The van der Waals surface area contributed by atoms with Crippen LogP contribution in [0, 0.1) is 0 Å². The monoisotopic (exact) mass is 316 g/mol. The zero-order valence-corrected chi connectivity index (χ0v) is 14.2. The second-order valence-corrected chi connectivity index (χ2v) is 6.74. The minimum Gasteiger partial charge on any atom is -0.497 e. The first-order valence-corrected chi connectivity index (χ1v) is 8.91. The maximum absolute atomic E-state index is 12.4. The molecule has 1 aliphatic carbocycles. The summed E-state index contributed by atoms with van der Waals surface area (Å²) in [6.45, 7) is 3.51. The van der Waals surface area contributed by atoms with Gasteiger partial charge in [-0.15, -0.1) is 0 Å². The molecule has 4 nitrogen and oxygen atoms in total. The van der Waals surface area contributed by atoms with Crippen molar-refractivity contribution in [2.24, 2.45) is 0 Å². The first kappa shape index (κ1) is 16.3. The molecule has 23 heavy (non-hydrogen) atoms. The van der Waals surface area contributed by atoms with Crippen LogP contribution in [0.25, 0.3) is 0 Å².